The molecule has 5 nitrogen and oxygen atoms in total. The van der Waals surface area contributed by atoms with Crippen LogP contribution in [-0.2, 0) is 17.9 Å². The number of fused-ring (bicyclic) bond motifs is 1. The molecule has 33 heavy (non-hydrogen) atoms. The number of likely N-dealkylation sites (tertiary alicyclic amines) is 1. The molecule has 1 saturated carbocycles. The summed E-state index contributed by atoms with van der Waals surface area (Å²) in [5, 5.41) is 0. The van der Waals surface area contributed by atoms with Crippen molar-refractivity contribution in [2.75, 3.05) is 13.1 Å². The van der Waals surface area contributed by atoms with Crippen molar-refractivity contribution in [2.24, 2.45) is 0 Å². The van der Waals surface area contributed by atoms with E-state index in [9.17, 15) is 4.79 Å². The maximum absolute atomic E-state index is 12.4. The van der Waals surface area contributed by atoms with Crippen LogP contribution < -0.4 is 10.3 Å². The third kappa shape index (κ3) is 4.11. The lowest BCUT2D eigenvalue weighted by Gasteiger charge is -2.47. The van der Waals surface area contributed by atoms with E-state index in [1.54, 1.807) is 10.6 Å². The van der Waals surface area contributed by atoms with Gasteiger partial charge in [-0.2, -0.15) is 0 Å². The lowest BCUT2D eigenvalue weighted by molar-refractivity contribution is -0.231. The minimum absolute atomic E-state index is 0.00224. The van der Waals surface area contributed by atoms with Crippen LogP contribution in [0.25, 0.3) is 11.1 Å². The lowest BCUT2D eigenvalue weighted by atomic mass is 9.89. The zero-order valence-electron chi connectivity index (χ0n) is 18.9. The average Bonchev–Trinajstić information content (AvgIpc) is 2.81. The Hall–Kier alpha value is -2.89. The van der Waals surface area contributed by atoms with Crippen LogP contribution in [0.4, 0.5) is 0 Å². The van der Waals surface area contributed by atoms with Crippen LogP contribution in [0.5, 0.6) is 5.75 Å². The summed E-state index contributed by atoms with van der Waals surface area (Å²) < 4.78 is 14.5. The van der Waals surface area contributed by atoms with E-state index < -0.39 is 5.79 Å². The molecule has 170 valence electrons. The molecular weight excluding hydrogens is 412 g/mol. The SMILES string of the molecule is O=c1ccc(-c2ccc3c(c2)COC2(CCN(C4CCC4)CC2)O3)cn1Cc1ccccc1. The summed E-state index contributed by atoms with van der Waals surface area (Å²) in [6.45, 7) is 3.24. The largest absolute Gasteiger partial charge is 0.462 e. The first kappa shape index (κ1) is 20.7. The zero-order valence-corrected chi connectivity index (χ0v) is 18.9. The highest BCUT2D eigenvalue weighted by molar-refractivity contribution is 5.65. The summed E-state index contributed by atoms with van der Waals surface area (Å²) in [6, 6.07) is 20.7. The fourth-order valence-electron chi connectivity index (χ4n) is 5.24. The Labute approximate surface area is 194 Å². The molecule has 6 rings (SSSR count). The van der Waals surface area contributed by atoms with Crippen LogP contribution in [-0.4, -0.2) is 34.4 Å². The van der Waals surface area contributed by atoms with Crippen molar-refractivity contribution < 1.29 is 9.47 Å². The molecule has 1 aliphatic carbocycles. The number of rotatable bonds is 4. The maximum atomic E-state index is 12.4. The Bertz CT molecular complexity index is 1190. The highest BCUT2D eigenvalue weighted by Gasteiger charge is 2.42. The highest BCUT2D eigenvalue weighted by atomic mass is 16.7. The van der Waals surface area contributed by atoms with Crippen molar-refractivity contribution in [3.05, 3.63) is 88.3 Å². The molecule has 0 radical (unpaired) electrons. The van der Waals surface area contributed by atoms with Crippen LogP contribution in [0.2, 0.25) is 0 Å². The molecule has 0 unspecified atom stereocenters. The molecule has 3 aliphatic rings. The van der Waals surface area contributed by atoms with Gasteiger partial charge in [-0.05, 0) is 47.7 Å². The van der Waals surface area contributed by atoms with Gasteiger partial charge < -0.3 is 14.0 Å². The van der Waals surface area contributed by atoms with Gasteiger partial charge in [0.05, 0.1) is 13.2 Å². The maximum Gasteiger partial charge on any atom is 0.250 e. The number of ether oxygens (including phenoxy) is 2. The minimum Gasteiger partial charge on any atom is -0.462 e. The van der Waals surface area contributed by atoms with Gasteiger partial charge in [0.15, 0.2) is 0 Å². The summed E-state index contributed by atoms with van der Waals surface area (Å²) in [6.07, 6.45) is 7.86. The molecule has 1 spiro atoms. The van der Waals surface area contributed by atoms with E-state index in [1.807, 2.05) is 42.6 Å². The smallest absolute Gasteiger partial charge is 0.250 e. The van der Waals surface area contributed by atoms with Gasteiger partial charge in [0.25, 0.3) is 5.56 Å². The van der Waals surface area contributed by atoms with Crippen molar-refractivity contribution in [2.45, 2.75) is 57.1 Å². The predicted molar refractivity (Wildman–Crippen MR) is 128 cm³/mol. The third-order valence-electron chi connectivity index (χ3n) is 7.51. The van der Waals surface area contributed by atoms with Gasteiger partial charge in [-0.3, -0.25) is 9.69 Å². The highest BCUT2D eigenvalue weighted by Crippen LogP contribution is 2.40. The molecule has 2 aliphatic heterocycles. The van der Waals surface area contributed by atoms with Gasteiger partial charge in [-0.15, -0.1) is 0 Å². The summed E-state index contributed by atoms with van der Waals surface area (Å²) >= 11 is 0. The second-order valence-corrected chi connectivity index (χ2v) is 9.61. The third-order valence-corrected chi connectivity index (χ3v) is 7.51. The average molecular weight is 443 g/mol. The molecule has 0 N–H and O–H groups in total. The molecule has 5 heteroatoms. The van der Waals surface area contributed by atoms with Crippen LogP contribution >= 0.6 is 0 Å². The predicted octanol–water partition coefficient (Wildman–Crippen LogP) is 4.82. The number of hydrogen-bond acceptors (Lipinski definition) is 4. The van der Waals surface area contributed by atoms with E-state index >= 15 is 0 Å². The normalized spacial score (nSPS) is 20.1. The molecule has 3 heterocycles. The number of aromatic nitrogens is 1. The van der Waals surface area contributed by atoms with E-state index in [-0.39, 0.29) is 5.56 Å². The number of piperidine rings is 1. The Morgan fingerprint density at radius 2 is 1.73 bits per heavy atom. The molecule has 0 bridgehead atoms. The molecular formula is C28H30N2O3. The number of nitrogens with zero attached hydrogens (tertiary/aromatic N) is 2. The Morgan fingerprint density at radius 3 is 2.48 bits per heavy atom. The lowest BCUT2D eigenvalue weighted by Crippen LogP contribution is -2.54. The van der Waals surface area contributed by atoms with Crippen LogP contribution in [0, 0.1) is 0 Å². The molecule has 0 atom stereocenters. The van der Waals surface area contributed by atoms with E-state index in [1.165, 1.54) is 19.3 Å². The minimum atomic E-state index is -0.475. The molecule has 1 aromatic heterocycles. The quantitative estimate of drug-likeness (QED) is 0.581. The van der Waals surface area contributed by atoms with Gasteiger partial charge in [-0.25, -0.2) is 0 Å². The first-order valence-corrected chi connectivity index (χ1v) is 12.1. The van der Waals surface area contributed by atoms with E-state index in [0.717, 1.165) is 60.0 Å². The second-order valence-electron chi connectivity index (χ2n) is 9.61. The van der Waals surface area contributed by atoms with E-state index in [2.05, 4.69) is 23.1 Å². The molecule has 2 aromatic carbocycles. The van der Waals surface area contributed by atoms with E-state index in [4.69, 9.17) is 9.47 Å². The Balaban J connectivity index is 1.19. The summed E-state index contributed by atoms with van der Waals surface area (Å²) in [5.41, 5.74) is 4.27. The standard InChI is InChI=1S/C28H30N2O3/c31-27-12-10-23(19-30(27)18-21-5-2-1-3-6-21)22-9-11-26-24(17-22)20-32-28(33-26)13-15-29(16-14-28)25-7-4-8-25/h1-3,5-6,9-12,17,19,25H,4,7-8,13-16,18,20H2. The molecule has 2 fully saturated rings. The molecule has 1 saturated heterocycles. The van der Waals surface area contributed by atoms with Crippen molar-refractivity contribution in [1.82, 2.24) is 9.47 Å². The van der Waals surface area contributed by atoms with Gasteiger partial charge in [0, 0.05) is 49.8 Å². The Morgan fingerprint density at radius 1 is 0.939 bits per heavy atom. The number of pyridine rings is 1. The van der Waals surface area contributed by atoms with Crippen molar-refractivity contribution in [1.29, 1.82) is 0 Å². The number of hydrogen-bond donors (Lipinski definition) is 0. The first-order chi connectivity index (χ1) is 16.2. The van der Waals surface area contributed by atoms with Crippen LogP contribution in [0.3, 0.4) is 0 Å². The Kier molecular flexibility index (Phi) is 5.31. The van der Waals surface area contributed by atoms with Crippen LogP contribution in [0.15, 0.2) is 71.7 Å². The van der Waals surface area contributed by atoms with Crippen molar-refractivity contribution in [3.63, 3.8) is 0 Å². The van der Waals surface area contributed by atoms with Crippen molar-refractivity contribution in [3.8, 4) is 16.9 Å². The van der Waals surface area contributed by atoms with Gasteiger partial charge in [-0.1, -0.05) is 42.8 Å². The second kappa shape index (κ2) is 8.47. The monoisotopic (exact) mass is 442 g/mol. The summed E-state index contributed by atoms with van der Waals surface area (Å²) in [7, 11) is 0. The fourth-order valence-corrected chi connectivity index (χ4v) is 5.24. The van der Waals surface area contributed by atoms with Gasteiger partial charge >= 0.3 is 0 Å². The first-order valence-electron chi connectivity index (χ1n) is 12.1. The number of benzene rings is 2. The molecule has 3 aromatic rings. The topological polar surface area (TPSA) is 43.7 Å². The van der Waals surface area contributed by atoms with Crippen LogP contribution in [0.1, 0.15) is 43.2 Å². The van der Waals surface area contributed by atoms with E-state index in [0.29, 0.717) is 13.2 Å². The van der Waals surface area contributed by atoms with Gasteiger partial charge in [0.2, 0.25) is 5.79 Å². The summed E-state index contributed by atoms with van der Waals surface area (Å²) in [5.74, 6) is 0.456. The zero-order chi connectivity index (χ0) is 22.3. The fraction of sp³-hybridized carbons (Fsp3) is 0.393. The van der Waals surface area contributed by atoms with Crippen molar-refractivity contribution >= 4 is 0 Å². The van der Waals surface area contributed by atoms with Gasteiger partial charge in [0.1, 0.15) is 5.75 Å². The summed E-state index contributed by atoms with van der Waals surface area (Å²) in [4.78, 5) is 15.0. The molecule has 0 amide bonds.